The standard InChI is InChI=1S/C10H16N2O8.5C4H12N.ClH/c13-7(14)3-11(4-8(15)16)1-2-12(5-9(17)18)6-10(19)20;5*1-5(2,3)4;/h1-6H2,(H,13,14)(H,15,16)(H,17,18)(H,19,20);5*1-4H3;1H/q;5*+1;/p-5. The first kappa shape index (κ1) is 59.3. The molecule has 0 fully saturated rings. The van der Waals surface area contributed by atoms with E-state index in [4.69, 9.17) is 0 Å². The van der Waals surface area contributed by atoms with E-state index in [-0.39, 0.29) is 25.5 Å². The average Bonchev–Trinajstić information content (AvgIpc) is 2.57. The summed E-state index contributed by atoms with van der Waals surface area (Å²) in [5.41, 5.74) is 0. The minimum absolute atomic E-state index is 0. The van der Waals surface area contributed by atoms with Gasteiger partial charge >= 0.3 is 0 Å². The van der Waals surface area contributed by atoms with Gasteiger partial charge in [-0.25, -0.2) is 0 Å². The molecule has 0 radical (unpaired) electrons. The Balaban J connectivity index is -0.0000000950. The lowest BCUT2D eigenvalue weighted by atomic mass is 10.4. The molecule has 0 aromatic heterocycles. The van der Waals surface area contributed by atoms with E-state index in [0.29, 0.717) is 0 Å². The molecule has 0 aliphatic rings. The van der Waals surface area contributed by atoms with E-state index in [1.807, 2.05) is 0 Å². The molecule has 0 amide bonds. The average molecular weight is 694 g/mol. The van der Waals surface area contributed by atoms with E-state index in [2.05, 4.69) is 141 Å². The summed E-state index contributed by atoms with van der Waals surface area (Å²) < 4.78 is 5.00. The Kier molecular flexibility index (Phi) is 36.1. The van der Waals surface area contributed by atoms with Crippen molar-refractivity contribution in [2.75, 3.05) is 180 Å². The number of carboxylic acids is 4. The molecule has 0 rings (SSSR count). The van der Waals surface area contributed by atoms with Crippen molar-refractivity contribution in [1.29, 1.82) is 0 Å². The molecule has 46 heavy (non-hydrogen) atoms. The van der Waals surface area contributed by atoms with Crippen LogP contribution in [0.2, 0.25) is 0 Å². The van der Waals surface area contributed by atoms with Gasteiger partial charge in [0, 0.05) is 39.3 Å². The fourth-order valence-electron chi connectivity index (χ4n) is 1.44. The third-order valence-electron chi connectivity index (χ3n) is 2.14. The third kappa shape index (κ3) is 196. The summed E-state index contributed by atoms with van der Waals surface area (Å²) in [7, 11) is 42.5. The van der Waals surface area contributed by atoms with E-state index in [0.717, 1.165) is 32.2 Å². The molecule has 0 aliphatic carbocycles. The van der Waals surface area contributed by atoms with Crippen molar-refractivity contribution in [2.24, 2.45) is 0 Å². The van der Waals surface area contributed by atoms with Crippen molar-refractivity contribution in [2.45, 2.75) is 0 Å². The van der Waals surface area contributed by atoms with Crippen LogP contribution in [0.15, 0.2) is 0 Å². The van der Waals surface area contributed by atoms with E-state index in [1.54, 1.807) is 0 Å². The Bertz CT molecular complexity index is 630. The topological polar surface area (TPSA) is 167 Å². The molecule has 0 aromatic carbocycles. The van der Waals surface area contributed by atoms with Gasteiger partial charge in [0.25, 0.3) is 0 Å². The first-order valence-electron chi connectivity index (χ1n) is 14.4. The zero-order valence-corrected chi connectivity index (χ0v) is 33.8. The quantitative estimate of drug-likeness (QED) is 0.190. The summed E-state index contributed by atoms with van der Waals surface area (Å²) in [5.74, 6) is -6.12. The molecular formula is C30H72ClN7O8. The van der Waals surface area contributed by atoms with Crippen LogP contribution in [0.1, 0.15) is 0 Å². The van der Waals surface area contributed by atoms with E-state index < -0.39 is 50.1 Å². The third-order valence-corrected chi connectivity index (χ3v) is 2.14. The second-order valence-electron chi connectivity index (χ2n) is 17.3. The van der Waals surface area contributed by atoms with E-state index in [9.17, 15) is 39.6 Å². The van der Waals surface area contributed by atoms with Crippen molar-refractivity contribution >= 4 is 23.9 Å². The molecule has 0 atom stereocenters. The maximum absolute atomic E-state index is 10.4. The summed E-state index contributed by atoms with van der Waals surface area (Å²) in [6.45, 7) is -3.25. The molecule has 16 heteroatoms. The number of rotatable bonds is 11. The molecular weight excluding hydrogens is 622 g/mol. The number of nitrogens with zero attached hydrogens (tertiary/aromatic N) is 7. The lowest BCUT2D eigenvalue weighted by Crippen LogP contribution is -3.00. The Morgan fingerprint density at radius 3 is 0.500 bits per heavy atom. The highest BCUT2D eigenvalue weighted by Crippen LogP contribution is 1.92. The minimum atomic E-state index is -1.53. The van der Waals surface area contributed by atoms with Gasteiger partial charge < -0.3 is 74.4 Å². The molecule has 0 aliphatic heterocycles. The van der Waals surface area contributed by atoms with Gasteiger partial charge in [0.15, 0.2) is 0 Å². The first-order valence-corrected chi connectivity index (χ1v) is 14.4. The van der Waals surface area contributed by atoms with Crippen LogP contribution in [0, 0.1) is 0 Å². The monoisotopic (exact) mass is 694 g/mol. The van der Waals surface area contributed by atoms with Gasteiger partial charge in [0.05, 0.1) is 165 Å². The second kappa shape index (κ2) is 28.0. The predicted octanol–water partition coefficient (Wildman–Crippen LogP) is -8.79. The Morgan fingerprint density at radius 2 is 0.435 bits per heavy atom. The fraction of sp³-hybridized carbons (Fsp3) is 0.867. The number of carbonyl (C=O) groups is 4. The molecule has 15 nitrogen and oxygen atoms in total. The summed E-state index contributed by atoms with van der Waals surface area (Å²) in [6, 6.07) is 0. The Labute approximate surface area is 288 Å². The highest BCUT2D eigenvalue weighted by molar-refractivity contribution is 5.71. The van der Waals surface area contributed by atoms with Crippen molar-refractivity contribution in [1.82, 2.24) is 9.80 Å². The Morgan fingerprint density at radius 1 is 0.348 bits per heavy atom. The number of aliphatic carboxylic acids is 4. The number of hydrogen-bond donors (Lipinski definition) is 0. The second-order valence-corrected chi connectivity index (χ2v) is 17.3. The Hall–Kier alpha value is -2.11. The number of carboxylic acid groups (broad SMARTS) is 4. The van der Waals surface area contributed by atoms with Gasteiger partial charge in [-0.15, -0.1) is 0 Å². The summed E-state index contributed by atoms with van der Waals surface area (Å²) in [5, 5.41) is 41.6. The predicted molar refractivity (Wildman–Crippen MR) is 173 cm³/mol. The zero-order valence-electron chi connectivity index (χ0n) is 33.0. The number of halogens is 1. The number of carbonyl (C=O) groups excluding carboxylic acids is 4. The molecule has 0 unspecified atom stereocenters. The van der Waals surface area contributed by atoms with Gasteiger partial charge in [-0.05, 0) is 0 Å². The molecule has 0 spiro atoms. The molecule has 0 N–H and O–H groups in total. The maximum Gasteiger partial charge on any atom is 0.0675 e. The summed E-state index contributed by atoms with van der Waals surface area (Å²) >= 11 is 0. The fourth-order valence-corrected chi connectivity index (χ4v) is 1.44. The number of hydrogen-bond acceptors (Lipinski definition) is 10. The van der Waals surface area contributed by atoms with Crippen LogP contribution < -0.4 is 32.8 Å². The summed E-state index contributed by atoms with van der Waals surface area (Å²) in [6.07, 6.45) is 0. The van der Waals surface area contributed by atoms with Crippen LogP contribution in [0.25, 0.3) is 0 Å². The summed E-state index contributed by atoms with van der Waals surface area (Å²) in [4.78, 5) is 43.4. The van der Waals surface area contributed by atoms with Crippen LogP contribution >= 0.6 is 0 Å². The number of quaternary nitrogens is 5. The van der Waals surface area contributed by atoms with Crippen LogP contribution in [-0.2, 0) is 19.2 Å². The van der Waals surface area contributed by atoms with Crippen molar-refractivity contribution in [3.8, 4) is 0 Å². The van der Waals surface area contributed by atoms with E-state index >= 15 is 0 Å². The minimum Gasteiger partial charge on any atom is -1.00 e. The van der Waals surface area contributed by atoms with Gasteiger partial charge in [0.2, 0.25) is 0 Å². The molecule has 0 heterocycles. The van der Waals surface area contributed by atoms with Gasteiger partial charge in [0.1, 0.15) is 0 Å². The lowest BCUT2D eigenvalue weighted by Gasteiger charge is -2.28. The van der Waals surface area contributed by atoms with Crippen LogP contribution in [0.5, 0.6) is 0 Å². The highest BCUT2D eigenvalue weighted by atomic mass is 35.5. The normalized spacial score (nSPS) is 11.2. The van der Waals surface area contributed by atoms with E-state index in [1.165, 1.54) is 0 Å². The maximum atomic E-state index is 10.4. The lowest BCUT2D eigenvalue weighted by molar-refractivity contribution is -0.849. The zero-order chi connectivity index (χ0) is 38.2. The first-order chi connectivity index (χ1) is 19.2. The smallest absolute Gasteiger partial charge is 0.0675 e. The van der Waals surface area contributed by atoms with Crippen molar-refractivity contribution in [3.05, 3.63) is 0 Å². The molecule has 0 aromatic rings. The van der Waals surface area contributed by atoms with Crippen molar-refractivity contribution in [3.63, 3.8) is 0 Å². The van der Waals surface area contributed by atoms with Gasteiger partial charge in [-0.3, -0.25) is 9.80 Å². The van der Waals surface area contributed by atoms with Crippen LogP contribution in [-0.4, -0.2) is 236 Å². The molecule has 0 bridgehead atoms. The van der Waals surface area contributed by atoms with Crippen LogP contribution in [0.3, 0.4) is 0 Å². The van der Waals surface area contributed by atoms with Crippen LogP contribution in [0.4, 0.5) is 0 Å². The van der Waals surface area contributed by atoms with Gasteiger partial charge in [-0.2, -0.15) is 0 Å². The molecule has 282 valence electrons. The van der Waals surface area contributed by atoms with Crippen molar-refractivity contribution < 1.29 is 74.4 Å². The van der Waals surface area contributed by atoms with Gasteiger partial charge in [-0.1, -0.05) is 0 Å². The SMILES string of the molecule is C[N+](C)(C)C.C[N+](C)(C)C.C[N+](C)(C)C.C[N+](C)(C)C.C[N+](C)(C)C.O=C([O-])CN(CCN(CC(=O)[O-])CC(=O)[O-])CC(=O)[O-].[Cl-]. The highest BCUT2D eigenvalue weighted by Gasteiger charge is 2.10. The largest absolute Gasteiger partial charge is 1.00 e. The molecule has 0 saturated heterocycles. The molecule has 0 saturated carbocycles.